The number of hydrogen-bond acceptors (Lipinski definition) is 2. The van der Waals surface area contributed by atoms with Gasteiger partial charge < -0.3 is 9.30 Å². The number of fused-ring (bicyclic) bond motifs is 1. The standard InChI is InChI=1S/C16H23ClN2O/c1-12(2)5-4-10-19-15-7-6-13(20-3)11-14(15)18-16(19)8-9-17/h6-7,11-12H,4-5,8-10H2,1-3H3. The van der Waals surface area contributed by atoms with Gasteiger partial charge in [0.2, 0.25) is 0 Å². The summed E-state index contributed by atoms with van der Waals surface area (Å²) < 4.78 is 7.57. The van der Waals surface area contributed by atoms with E-state index in [1.54, 1.807) is 7.11 Å². The Morgan fingerprint density at radius 2 is 2.15 bits per heavy atom. The molecule has 0 atom stereocenters. The first-order valence-corrected chi connectivity index (χ1v) is 7.78. The highest BCUT2D eigenvalue weighted by molar-refractivity contribution is 6.17. The number of alkyl halides is 1. The van der Waals surface area contributed by atoms with Crippen molar-refractivity contribution in [3.63, 3.8) is 0 Å². The highest BCUT2D eigenvalue weighted by Crippen LogP contribution is 2.23. The van der Waals surface area contributed by atoms with E-state index >= 15 is 0 Å². The number of nitrogens with zero attached hydrogens (tertiary/aromatic N) is 2. The van der Waals surface area contributed by atoms with E-state index in [2.05, 4.69) is 24.5 Å². The minimum atomic E-state index is 0.602. The second kappa shape index (κ2) is 6.98. The molecule has 2 aromatic rings. The summed E-state index contributed by atoms with van der Waals surface area (Å²) in [6.45, 7) is 5.53. The van der Waals surface area contributed by atoms with Gasteiger partial charge in [-0.3, -0.25) is 0 Å². The van der Waals surface area contributed by atoms with Crippen molar-refractivity contribution in [3.8, 4) is 5.75 Å². The summed E-state index contributed by atoms with van der Waals surface area (Å²) in [6, 6.07) is 6.08. The highest BCUT2D eigenvalue weighted by Gasteiger charge is 2.11. The molecule has 0 fully saturated rings. The lowest BCUT2D eigenvalue weighted by Crippen LogP contribution is -2.05. The monoisotopic (exact) mass is 294 g/mol. The van der Waals surface area contributed by atoms with Crippen LogP contribution in [0.25, 0.3) is 11.0 Å². The van der Waals surface area contributed by atoms with Crippen LogP contribution in [-0.4, -0.2) is 22.5 Å². The van der Waals surface area contributed by atoms with Gasteiger partial charge in [-0.05, 0) is 30.9 Å². The minimum Gasteiger partial charge on any atom is -0.497 e. The first kappa shape index (κ1) is 15.2. The van der Waals surface area contributed by atoms with Gasteiger partial charge in [0.25, 0.3) is 0 Å². The van der Waals surface area contributed by atoms with Gasteiger partial charge in [0.05, 0.1) is 18.1 Å². The first-order valence-electron chi connectivity index (χ1n) is 7.24. The zero-order chi connectivity index (χ0) is 14.5. The molecule has 0 saturated carbocycles. The lowest BCUT2D eigenvalue weighted by molar-refractivity contribution is 0.415. The molecule has 4 heteroatoms. The molecule has 1 heterocycles. The van der Waals surface area contributed by atoms with Crippen LogP contribution in [0.4, 0.5) is 0 Å². The molecule has 1 aromatic carbocycles. The Morgan fingerprint density at radius 1 is 1.35 bits per heavy atom. The Labute approximate surface area is 125 Å². The zero-order valence-corrected chi connectivity index (χ0v) is 13.3. The maximum atomic E-state index is 5.90. The van der Waals surface area contributed by atoms with Crippen molar-refractivity contribution in [2.75, 3.05) is 13.0 Å². The summed E-state index contributed by atoms with van der Waals surface area (Å²) in [5.41, 5.74) is 2.17. The normalized spacial score (nSPS) is 11.4. The van der Waals surface area contributed by atoms with Crippen LogP contribution in [0.2, 0.25) is 0 Å². The maximum Gasteiger partial charge on any atom is 0.121 e. The maximum absolute atomic E-state index is 5.90. The van der Waals surface area contributed by atoms with Crippen molar-refractivity contribution >= 4 is 22.6 Å². The van der Waals surface area contributed by atoms with Crippen LogP contribution < -0.4 is 4.74 Å². The van der Waals surface area contributed by atoms with Gasteiger partial charge in [0.15, 0.2) is 0 Å². The number of halogens is 1. The summed E-state index contributed by atoms with van der Waals surface area (Å²) in [5, 5.41) is 0. The number of rotatable bonds is 7. The van der Waals surface area contributed by atoms with Crippen molar-refractivity contribution in [1.29, 1.82) is 0 Å². The molecule has 2 rings (SSSR count). The third-order valence-corrected chi connectivity index (χ3v) is 3.70. The average molecular weight is 295 g/mol. The Morgan fingerprint density at radius 3 is 2.80 bits per heavy atom. The van der Waals surface area contributed by atoms with Crippen LogP contribution in [0.15, 0.2) is 18.2 Å². The van der Waals surface area contributed by atoms with Crippen LogP contribution in [0.3, 0.4) is 0 Å². The summed E-state index contributed by atoms with van der Waals surface area (Å²) in [4.78, 5) is 4.71. The first-order chi connectivity index (χ1) is 9.65. The summed E-state index contributed by atoms with van der Waals surface area (Å²) in [5.74, 6) is 3.26. The van der Waals surface area contributed by atoms with Gasteiger partial charge in [-0.25, -0.2) is 4.98 Å². The zero-order valence-electron chi connectivity index (χ0n) is 12.5. The van der Waals surface area contributed by atoms with Crippen LogP contribution in [0, 0.1) is 5.92 Å². The Kier molecular flexibility index (Phi) is 5.30. The largest absolute Gasteiger partial charge is 0.497 e. The number of aryl methyl sites for hydroxylation is 2. The predicted octanol–water partition coefficient (Wildman–Crippen LogP) is 4.26. The molecule has 20 heavy (non-hydrogen) atoms. The van der Waals surface area contributed by atoms with E-state index in [1.165, 1.54) is 18.4 Å². The lowest BCUT2D eigenvalue weighted by atomic mass is 10.1. The fraction of sp³-hybridized carbons (Fsp3) is 0.562. The fourth-order valence-electron chi connectivity index (χ4n) is 2.47. The van der Waals surface area contributed by atoms with Crippen molar-refractivity contribution in [2.45, 2.75) is 39.7 Å². The molecule has 0 N–H and O–H groups in total. The third kappa shape index (κ3) is 3.45. The molecule has 0 bridgehead atoms. The summed E-state index contributed by atoms with van der Waals surface area (Å²) in [7, 11) is 1.68. The Bertz CT molecular complexity index is 563. The molecule has 0 aliphatic carbocycles. The third-order valence-electron chi connectivity index (χ3n) is 3.52. The second-order valence-corrected chi connectivity index (χ2v) is 5.89. The second-order valence-electron chi connectivity index (χ2n) is 5.51. The Hall–Kier alpha value is -1.22. The number of methoxy groups -OCH3 is 1. The molecular weight excluding hydrogens is 272 g/mol. The molecule has 0 saturated heterocycles. The van der Waals surface area contributed by atoms with E-state index in [4.69, 9.17) is 21.3 Å². The van der Waals surface area contributed by atoms with E-state index in [-0.39, 0.29) is 0 Å². The molecule has 0 radical (unpaired) electrons. The smallest absolute Gasteiger partial charge is 0.121 e. The van der Waals surface area contributed by atoms with Gasteiger partial charge in [-0.1, -0.05) is 13.8 Å². The van der Waals surface area contributed by atoms with Gasteiger partial charge in [-0.15, -0.1) is 11.6 Å². The summed E-state index contributed by atoms with van der Waals surface area (Å²) >= 11 is 5.90. The molecule has 0 aliphatic heterocycles. The molecule has 110 valence electrons. The SMILES string of the molecule is COc1ccc2c(c1)nc(CCCl)n2CCCC(C)C. The van der Waals surface area contributed by atoms with Crippen LogP contribution in [0.1, 0.15) is 32.5 Å². The fourth-order valence-corrected chi connectivity index (χ4v) is 2.64. The Balaban J connectivity index is 2.30. The van der Waals surface area contributed by atoms with Crippen molar-refractivity contribution in [3.05, 3.63) is 24.0 Å². The summed E-state index contributed by atoms with van der Waals surface area (Å²) in [6.07, 6.45) is 3.21. The van der Waals surface area contributed by atoms with Crippen molar-refractivity contribution < 1.29 is 4.74 Å². The van der Waals surface area contributed by atoms with E-state index < -0.39 is 0 Å². The van der Waals surface area contributed by atoms with E-state index in [0.29, 0.717) is 5.88 Å². The highest BCUT2D eigenvalue weighted by atomic mass is 35.5. The van der Waals surface area contributed by atoms with Gasteiger partial charge in [-0.2, -0.15) is 0 Å². The van der Waals surface area contributed by atoms with Crippen molar-refractivity contribution in [1.82, 2.24) is 9.55 Å². The number of hydrogen-bond donors (Lipinski definition) is 0. The molecule has 1 aromatic heterocycles. The van der Waals surface area contributed by atoms with E-state index in [0.717, 1.165) is 36.0 Å². The van der Waals surface area contributed by atoms with Crippen LogP contribution >= 0.6 is 11.6 Å². The number of imidazole rings is 1. The minimum absolute atomic E-state index is 0.602. The molecule has 0 aliphatic rings. The van der Waals surface area contributed by atoms with Gasteiger partial charge in [0, 0.05) is 24.9 Å². The molecule has 3 nitrogen and oxygen atoms in total. The average Bonchev–Trinajstić information content (AvgIpc) is 2.76. The van der Waals surface area contributed by atoms with Crippen molar-refractivity contribution in [2.24, 2.45) is 5.92 Å². The lowest BCUT2D eigenvalue weighted by Gasteiger charge is -2.10. The molecule has 0 unspecified atom stereocenters. The van der Waals surface area contributed by atoms with Gasteiger partial charge >= 0.3 is 0 Å². The number of ether oxygens (including phenoxy) is 1. The van der Waals surface area contributed by atoms with Crippen LogP contribution in [0.5, 0.6) is 5.75 Å². The van der Waals surface area contributed by atoms with E-state index in [1.807, 2.05) is 12.1 Å². The quantitative estimate of drug-likeness (QED) is 0.713. The number of aromatic nitrogens is 2. The molecular formula is C16H23ClN2O. The van der Waals surface area contributed by atoms with Gasteiger partial charge in [0.1, 0.15) is 11.6 Å². The number of benzene rings is 1. The molecule has 0 spiro atoms. The molecule has 0 amide bonds. The van der Waals surface area contributed by atoms with E-state index in [9.17, 15) is 0 Å². The predicted molar refractivity (Wildman–Crippen MR) is 84.8 cm³/mol. The topological polar surface area (TPSA) is 27.1 Å². The van der Waals surface area contributed by atoms with Crippen LogP contribution in [-0.2, 0) is 13.0 Å².